The van der Waals surface area contributed by atoms with E-state index >= 15 is 0 Å². The van der Waals surface area contributed by atoms with Gasteiger partial charge < -0.3 is 4.90 Å². The molecular weight excluding hydrogens is 162 g/mol. The number of hydrogen-bond acceptors (Lipinski definition) is 1. The summed E-state index contributed by atoms with van der Waals surface area (Å²) in [4.78, 5) is 13.5. The molecule has 0 bridgehead atoms. The van der Waals surface area contributed by atoms with E-state index < -0.39 is 0 Å². The summed E-state index contributed by atoms with van der Waals surface area (Å²) in [5.41, 5.74) is 0. The third kappa shape index (κ3) is 2.77. The molecule has 13 heavy (non-hydrogen) atoms. The first-order chi connectivity index (χ1) is 6.13. The second-order valence-corrected chi connectivity index (χ2v) is 4.09. The molecule has 0 aliphatic carbocycles. The number of carbonyl (C=O) groups is 1. The molecule has 1 rings (SSSR count). The molecule has 1 heterocycles. The van der Waals surface area contributed by atoms with E-state index in [1.54, 1.807) is 0 Å². The molecule has 1 saturated heterocycles. The number of amides is 1. The molecule has 2 heteroatoms. The molecule has 1 aliphatic heterocycles. The van der Waals surface area contributed by atoms with Crippen LogP contribution in [0.1, 0.15) is 26.7 Å². The first kappa shape index (κ1) is 10.1. The molecule has 0 aromatic carbocycles. The van der Waals surface area contributed by atoms with Crippen LogP contribution in [-0.2, 0) is 4.79 Å². The van der Waals surface area contributed by atoms with Crippen LogP contribution in [0.4, 0.5) is 0 Å². The first-order valence-corrected chi connectivity index (χ1v) is 4.87. The Morgan fingerprint density at radius 2 is 2.38 bits per heavy atom. The van der Waals surface area contributed by atoms with Gasteiger partial charge in [0.05, 0.1) is 0 Å². The van der Waals surface area contributed by atoms with Crippen LogP contribution in [0, 0.1) is 24.2 Å². The highest BCUT2D eigenvalue weighted by molar-refractivity contribution is 5.76. The summed E-state index contributed by atoms with van der Waals surface area (Å²) in [6.07, 6.45) is 6.93. The van der Waals surface area contributed by atoms with E-state index in [1.807, 2.05) is 4.90 Å². The van der Waals surface area contributed by atoms with E-state index in [2.05, 4.69) is 19.8 Å². The van der Waals surface area contributed by atoms with Crippen molar-refractivity contribution in [3.05, 3.63) is 0 Å². The zero-order valence-electron chi connectivity index (χ0n) is 8.42. The van der Waals surface area contributed by atoms with Gasteiger partial charge in [0, 0.05) is 25.4 Å². The maximum absolute atomic E-state index is 11.6. The molecule has 0 aromatic rings. The van der Waals surface area contributed by atoms with Crippen molar-refractivity contribution in [2.75, 3.05) is 13.1 Å². The normalized spacial score (nSPS) is 22.0. The lowest BCUT2D eigenvalue weighted by molar-refractivity contribution is -0.130. The molecule has 0 saturated carbocycles. The summed E-state index contributed by atoms with van der Waals surface area (Å²) in [5, 5.41) is 0. The molecule has 2 nitrogen and oxygen atoms in total. The molecule has 72 valence electrons. The zero-order chi connectivity index (χ0) is 9.84. The van der Waals surface area contributed by atoms with Crippen molar-refractivity contribution in [3.8, 4) is 12.3 Å². The topological polar surface area (TPSA) is 20.3 Å². The molecule has 0 N–H and O–H groups in total. The van der Waals surface area contributed by atoms with E-state index in [0.717, 1.165) is 19.5 Å². The predicted molar refractivity (Wildman–Crippen MR) is 53.0 cm³/mol. The van der Waals surface area contributed by atoms with Crippen molar-refractivity contribution < 1.29 is 4.79 Å². The number of carbonyl (C=O) groups excluding carboxylic acids is 1. The predicted octanol–water partition coefficient (Wildman–Crippen LogP) is 1.51. The van der Waals surface area contributed by atoms with E-state index in [-0.39, 0.29) is 11.8 Å². The smallest absolute Gasteiger partial charge is 0.222 e. The van der Waals surface area contributed by atoms with Gasteiger partial charge in [-0.15, -0.1) is 12.3 Å². The molecule has 0 spiro atoms. The van der Waals surface area contributed by atoms with Gasteiger partial charge in [0.2, 0.25) is 5.91 Å². The zero-order valence-corrected chi connectivity index (χ0v) is 8.42. The Bertz CT molecular complexity index is 227. The minimum absolute atomic E-state index is 0.257. The monoisotopic (exact) mass is 179 g/mol. The SMILES string of the molecule is C#C[C@H]1CCN(C(=O)CC(C)C)C1. The van der Waals surface area contributed by atoms with Gasteiger partial charge in [-0.3, -0.25) is 4.79 Å². The fourth-order valence-corrected chi connectivity index (χ4v) is 1.60. The lowest BCUT2D eigenvalue weighted by Gasteiger charge is -2.16. The van der Waals surface area contributed by atoms with E-state index in [4.69, 9.17) is 6.42 Å². The summed E-state index contributed by atoms with van der Waals surface area (Å²) >= 11 is 0. The van der Waals surface area contributed by atoms with Gasteiger partial charge in [-0.2, -0.15) is 0 Å². The van der Waals surface area contributed by atoms with E-state index in [9.17, 15) is 4.79 Å². The van der Waals surface area contributed by atoms with Crippen LogP contribution in [-0.4, -0.2) is 23.9 Å². The quantitative estimate of drug-likeness (QED) is 0.588. The Labute approximate surface area is 80.3 Å². The van der Waals surface area contributed by atoms with Gasteiger partial charge in [-0.1, -0.05) is 13.8 Å². The standard InChI is InChI=1S/C11H17NO/c1-4-10-5-6-12(8-10)11(13)7-9(2)3/h1,9-10H,5-8H2,2-3H3/t10-/m0/s1. The highest BCUT2D eigenvalue weighted by Crippen LogP contribution is 2.17. The van der Waals surface area contributed by atoms with Crippen molar-refractivity contribution in [1.82, 2.24) is 4.90 Å². The molecule has 0 unspecified atom stereocenters. The highest BCUT2D eigenvalue weighted by atomic mass is 16.2. The van der Waals surface area contributed by atoms with Crippen LogP contribution in [0.2, 0.25) is 0 Å². The number of terminal acetylenes is 1. The summed E-state index contributed by atoms with van der Waals surface area (Å²) in [7, 11) is 0. The molecular formula is C11H17NO. The third-order valence-electron chi connectivity index (χ3n) is 2.36. The van der Waals surface area contributed by atoms with Gasteiger partial charge in [-0.05, 0) is 12.3 Å². The van der Waals surface area contributed by atoms with Crippen molar-refractivity contribution in [2.24, 2.45) is 11.8 Å². The van der Waals surface area contributed by atoms with Crippen LogP contribution in [0.5, 0.6) is 0 Å². The Morgan fingerprint density at radius 3 is 2.85 bits per heavy atom. The molecule has 0 aromatic heterocycles. The van der Waals surface area contributed by atoms with Gasteiger partial charge in [0.1, 0.15) is 0 Å². The molecule has 1 fully saturated rings. The van der Waals surface area contributed by atoms with Crippen molar-refractivity contribution >= 4 is 5.91 Å². The van der Waals surface area contributed by atoms with Gasteiger partial charge in [0.25, 0.3) is 0 Å². The van der Waals surface area contributed by atoms with Gasteiger partial charge >= 0.3 is 0 Å². The average Bonchev–Trinajstić information content (AvgIpc) is 2.50. The van der Waals surface area contributed by atoms with Crippen molar-refractivity contribution in [1.29, 1.82) is 0 Å². The number of likely N-dealkylation sites (tertiary alicyclic amines) is 1. The number of nitrogens with zero attached hydrogens (tertiary/aromatic N) is 1. The van der Waals surface area contributed by atoms with Crippen LogP contribution in [0.25, 0.3) is 0 Å². The van der Waals surface area contributed by atoms with Crippen LogP contribution in [0.3, 0.4) is 0 Å². The van der Waals surface area contributed by atoms with Crippen LogP contribution < -0.4 is 0 Å². The average molecular weight is 179 g/mol. The van der Waals surface area contributed by atoms with Gasteiger partial charge in [0.15, 0.2) is 0 Å². The molecule has 1 atom stereocenters. The van der Waals surface area contributed by atoms with Crippen LogP contribution >= 0.6 is 0 Å². The lowest BCUT2D eigenvalue weighted by atomic mass is 10.1. The Balaban J connectivity index is 2.38. The Morgan fingerprint density at radius 1 is 1.69 bits per heavy atom. The maximum atomic E-state index is 11.6. The second kappa shape index (κ2) is 4.32. The summed E-state index contributed by atoms with van der Waals surface area (Å²) in [6.45, 7) is 5.74. The summed E-state index contributed by atoms with van der Waals surface area (Å²) < 4.78 is 0. The van der Waals surface area contributed by atoms with Gasteiger partial charge in [-0.25, -0.2) is 0 Å². The second-order valence-electron chi connectivity index (χ2n) is 4.09. The molecule has 1 aliphatic rings. The Hall–Kier alpha value is -0.970. The lowest BCUT2D eigenvalue weighted by Crippen LogP contribution is -2.29. The van der Waals surface area contributed by atoms with Crippen molar-refractivity contribution in [3.63, 3.8) is 0 Å². The first-order valence-electron chi connectivity index (χ1n) is 4.87. The Kier molecular flexibility index (Phi) is 3.36. The van der Waals surface area contributed by atoms with E-state index in [1.165, 1.54) is 0 Å². The van der Waals surface area contributed by atoms with Crippen molar-refractivity contribution in [2.45, 2.75) is 26.7 Å². The molecule has 1 amide bonds. The fraction of sp³-hybridized carbons (Fsp3) is 0.727. The minimum atomic E-state index is 0.257. The molecule has 0 radical (unpaired) electrons. The minimum Gasteiger partial charge on any atom is -0.341 e. The number of rotatable bonds is 2. The third-order valence-corrected chi connectivity index (χ3v) is 2.36. The number of hydrogen-bond donors (Lipinski definition) is 0. The summed E-state index contributed by atoms with van der Waals surface area (Å²) in [6, 6.07) is 0. The summed E-state index contributed by atoms with van der Waals surface area (Å²) in [5.74, 6) is 3.70. The maximum Gasteiger partial charge on any atom is 0.222 e. The van der Waals surface area contributed by atoms with Crippen LogP contribution in [0.15, 0.2) is 0 Å². The highest BCUT2D eigenvalue weighted by Gasteiger charge is 2.24. The largest absolute Gasteiger partial charge is 0.341 e. The van der Waals surface area contributed by atoms with E-state index in [0.29, 0.717) is 12.3 Å². The fourth-order valence-electron chi connectivity index (χ4n) is 1.60.